The van der Waals surface area contributed by atoms with Crippen LogP contribution in [0.5, 0.6) is 0 Å². The van der Waals surface area contributed by atoms with E-state index in [0.29, 0.717) is 0 Å². The van der Waals surface area contributed by atoms with E-state index in [0.717, 1.165) is 11.5 Å². The minimum absolute atomic E-state index is 0.794. The predicted octanol–water partition coefficient (Wildman–Crippen LogP) is 3.10. The largest absolute Gasteiger partial charge is 0.221 e. The van der Waals surface area contributed by atoms with Gasteiger partial charge in [0.2, 0.25) is 0 Å². The van der Waals surface area contributed by atoms with Gasteiger partial charge in [0.25, 0.3) is 0 Å². The van der Waals surface area contributed by atoms with Crippen molar-refractivity contribution < 1.29 is 0 Å². The van der Waals surface area contributed by atoms with E-state index in [4.69, 9.17) is 0 Å². The quantitative estimate of drug-likeness (QED) is 0.642. The van der Waals surface area contributed by atoms with Gasteiger partial charge in [-0.1, -0.05) is 6.07 Å². The summed E-state index contributed by atoms with van der Waals surface area (Å²) in [6, 6.07) is 6.38. The average Bonchev–Trinajstić information content (AvgIpc) is 2.86. The second-order valence-electron chi connectivity index (χ2n) is 3.84. The molecule has 2 aromatic heterocycles. The van der Waals surface area contributed by atoms with Crippen LogP contribution in [-0.2, 0) is 0 Å². The van der Waals surface area contributed by atoms with Gasteiger partial charge in [-0.3, -0.25) is 0 Å². The first-order valence-corrected chi connectivity index (χ1v) is 5.98. The second kappa shape index (κ2) is 3.42. The Balaban J connectivity index is 2.18. The number of fused-ring (bicyclic) bond motifs is 1. The second-order valence-corrected chi connectivity index (χ2v) is 4.75. The van der Waals surface area contributed by atoms with E-state index >= 15 is 0 Å². The first-order valence-electron chi connectivity index (χ1n) is 5.10. The van der Waals surface area contributed by atoms with Crippen molar-refractivity contribution in [3.63, 3.8) is 0 Å². The summed E-state index contributed by atoms with van der Waals surface area (Å²) < 4.78 is 3.10. The molecule has 0 saturated carbocycles. The van der Waals surface area contributed by atoms with Gasteiger partial charge in [-0.15, -0.1) is 11.3 Å². The Kier molecular flexibility index (Phi) is 2.04. The van der Waals surface area contributed by atoms with Crippen molar-refractivity contribution in [2.24, 2.45) is 0 Å². The number of aromatic nitrogens is 3. The van der Waals surface area contributed by atoms with E-state index in [1.807, 2.05) is 11.6 Å². The van der Waals surface area contributed by atoms with E-state index < -0.39 is 0 Å². The highest BCUT2D eigenvalue weighted by atomic mass is 32.1. The van der Waals surface area contributed by atoms with Crippen LogP contribution in [0.15, 0.2) is 29.9 Å². The molecular formula is C12H11N3S. The minimum atomic E-state index is 0.794. The number of rotatable bonds is 1. The van der Waals surface area contributed by atoms with Gasteiger partial charge in [-0.05, 0) is 42.3 Å². The van der Waals surface area contributed by atoms with Gasteiger partial charge in [0.15, 0.2) is 0 Å². The lowest BCUT2D eigenvalue weighted by molar-refractivity contribution is 0.864. The van der Waals surface area contributed by atoms with Crippen LogP contribution in [0.25, 0.3) is 15.8 Å². The topological polar surface area (TPSA) is 30.7 Å². The summed E-state index contributed by atoms with van der Waals surface area (Å²) >= 11 is 1.77. The SMILES string of the molecule is Cc1ncn(-c2ccc3c(C)csc3c2)n1. The van der Waals surface area contributed by atoms with Crippen molar-refractivity contribution in [3.8, 4) is 5.69 Å². The van der Waals surface area contributed by atoms with Crippen molar-refractivity contribution in [3.05, 3.63) is 41.3 Å². The van der Waals surface area contributed by atoms with Crippen LogP contribution in [0, 0.1) is 13.8 Å². The molecule has 0 spiro atoms. The maximum absolute atomic E-state index is 4.30. The summed E-state index contributed by atoms with van der Waals surface area (Å²) in [5.74, 6) is 0.794. The lowest BCUT2D eigenvalue weighted by Gasteiger charge is -2.00. The molecule has 0 atom stereocenters. The standard InChI is InChI=1S/C12H11N3S/c1-8-6-16-12-5-10(3-4-11(8)12)15-7-13-9(2)14-15/h3-7H,1-2H3. The van der Waals surface area contributed by atoms with E-state index in [-0.39, 0.29) is 0 Å². The fourth-order valence-electron chi connectivity index (χ4n) is 1.76. The zero-order valence-electron chi connectivity index (χ0n) is 9.14. The van der Waals surface area contributed by atoms with Gasteiger partial charge < -0.3 is 0 Å². The molecular weight excluding hydrogens is 218 g/mol. The summed E-state index contributed by atoms with van der Waals surface area (Å²) in [7, 11) is 0. The Morgan fingerprint density at radius 2 is 2.12 bits per heavy atom. The van der Waals surface area contributed by atoms with Gasteiger partial charge in [0, 0.05) is 4.70 Å². The average molecular weight is 229 g/mol. The Labute approximate surface area is 97.4 Å². The van der Waals surface area contributed by atoms with Crippen LogP contribution < -0.4 is 0 Å². The molecule has 0 fully saturated rings. The molecule has 0 aliphatic heterocycles. The first kappa shape index (κ1) is 9.54. The van der Waals surface area contributed by atoms with Crippen LogP contribution in [0.1, 0.15) is 11.4 Å². The highest BCUT2D eigenvalue weighted by molar-refractivity contribution is 7.17. The molecule has 0 aliphatic carbocycles. The molecule has 0 aliphatic rings. The van der Waals surface area contributed by atoms with E-state index in [1.54, 1.807) is 17.7 Å². The number of hydrogen-bond acceptors (Lipinski definition) is 3. The molecule has 0 N–H and O–H groups in total. The monoisotopic (exact) mass is 229 g/mol. The maximum Gasteiger partial charge on any atom is 0.147 e. The number of nitrogens with zero attached hydrogens (tertiary/aromatic N) is 3. The zero-order chi connectivity index (χ0) is 11.1. The van der Waals surface area contributed by atoms with Crippen molar-refractivity contribution in [2.45, 2.75) is 13.8 Å². The van der Waals surface area contributed by atoms with Gasteiger partial charge in [-0.2, -0.15) is 5.10 Å². The first-order chi connectivity index (χ1) is 7.74. The normalized spacial score (nSPS) is 11.1. The third kappa shape index (κ3) is 1.42. The van der Waals surface area contributed by atoms with E-state index in [2.05, 4.69) is 40.6 Å². The lowest BCUT2D eigenvalue weighted by atomic mass is 10.2. The van der Waals surface area contributed by atoms with Gasteiger partial charge in [0.1, 0.15) is 12.2 Å². The Morgan fingerprint density at radius 3 is 2.88 bits per heavy atom. The summed E-state index contributed by atoms with van der Waals surface area (Å²) in [5, 5.41) is 7.81. The molecule has 2 heterocycles. The minimum Gasteiger partial charge on any atom is -0.221 e. The Morgan fingerprint density at radius 1 is 1.25 bits per heavy atom. The predicted molar refractivity (Wildman–Crippen MR) is 66.2 cm³/mol. The van der Waals surface area contributed by atoms with Crippen LogP contribution in [-0.4, -0.2) is 14.8 Å². The number of benzene rings is 1. The van der Waals surface area contributed by atoms with Gasteiger partial charge >= 0.3 is 0 Å². The molecule has 3 nitrogen and oxygen atoms in total. The number of hydrogen-bond donors (Lipinski definition) is 0. The number of thiophene rings is 1. The highest BCUT2D eigenvalue weighted by Gasteiger charge is 2.03. The van der Waals surface area contributed by atoms with Crippen LogP contribution in [0.2, 0.25) is 0 Å². The molecule has 16 heavy (non-hydrogen) atoms. The maximum atomic E-state index is 4.30. The van der Waals surface area contributed by atoms with Gasteiger partial charge in [-0.25, -0.2) is 9.67 Å². The molecule has 1 aromatic carbocycles. The van der Waals surface area contributed by atoms with Crippen molar-refractivity contribution >= 4 is 21.4 Å². The fraction of sp³-hybridized carbons (Fsp3) is 0.167. The third-order valence-corrected chi connectivity index (χ3v) is 3.69. The molecule has 0 radical (unpaired) electrons. The lowest BCUT2D eigenvalue weighted by Crippen LogP contribution is -1.94. The van der Waals surface area contributed by atoms with Crippen molar-refractivity contribution in [1.29, 1.82) is 0 Å². The third-order valence-electron chi connectivity index (χ3n) is 2.62. The summed E-state index contributed by atoms with van der Waals surface area (Å²) in [5.41, 5.74) is 2.40. The molecule has 0 amide bonds. The molecule has 4 heteroatoms. The fourth-order valence-corrected chi connectivity index (χ4v) is 2.74. The van der Waals surface area contributed by atoms with Crippen molar-refractivity contribution in [1.82, 2.24) is 14.8 Å². The van der Waals surface area contributed by atoms with Crippen molar-refractivity contribution in [2.75, 3.05) is 0 Å². The molecule has 0 unspecified atom stereocenters. The molecule has 3 aromatic rings. The number of aryl methyl sites for hydroxylation is 2. The van der Waals surface area contributed by atoms with Crippen LogP contribution in [0.4, 0.5) is 0 Å². The Hall–Kier alpha value is -1.68. The molecule has 80 valence electrons. The smallest absolute Gasteiger partial charge is 0.147 e. The van der Waals surface area contributed by atoms with E-state index in [9.17, 15) is 0 Å². The summed E-state index contributed by atoms with van der Waals surface area (Å²) in [6.07, 6.45) is 1.75. The van der Waals surface area contributed by atoms with Gasteiger partial charge in [0.05, 0.1) is 5.69 Å². The van der Waals surface area contributed by atoms with Crippen LogP contribution >= 0.6 is 11.3 Å². The molecule has 0 saturated heterocycles. The zero-order valence-corrected chi connectivity index (χ0v) is 9.95. The molecule has 3 rings (SSSR count). The molecule has 0 bridgehead atoms. The summed E-state index contributed by atoms with van der Waals surface area (Å²) in [6.45, 7) is 4.03. The summed E-state index contributed by atoms with van der Waals surface area (Å²) in [4.78, 5) is 4.13. The highest BCUT2D eigenvalue weighted by Crippen LogP contribution is 2.27. The van der Waals surface area contributed by atoms with E-state index in [1.165, 1.54) is 15.6 Å². The van der Waals surface area contributed by atoms with Crippen LogP contribution in [0.3, 0.4) is 0 Å². The Bertz CT molecular complexity index is 651.